The largest absolute Gasteiger partial charge is 0.484 e. The van der Waals surface area contributed by atoms with Crippen LogP contribution in [0.4, 0.5) is 0 Å². The fourth-order valence-corrected chi connectivity index (χ4v) is 1.56. The van der Waals surface area contributed by atoms with Gasteiger partial charge in [-0.05, 0) is 53.4 Å². The topological polar surface area (TPSA) is 50.4 Å². The van der Waals surface area contributed by atoms with E-state index in [4.69, 9.17) is 4.74 Å². The summed E-state index contributed by atoms with van der Waals surface area (Å²) in [6.45, 7) is 4.41. The summed E-state index contributed by atoms with van der Waals surface area (Å²) >= 11 is 2.22. The minimum absolute atomic E-state index is 0. The second-order valence-corrected chi connectivity index (χ2v) is 4.69. The lowest BCUT2D eigenvalue weighted by molar-refractivity contribution is -0.123. The molecule has 1 amide bonds. The Kier molecular flexibility index (Phi) is 10.1. The molecule has 6 heteroatoms. The molecule has 0 aliphatic carbocycles. The standard InChI is InChI=1S/C12H17IN2O2.ClH/c1-2-14-7-8-15-12(16)9-17-11-5-3-10(13)4-6-11;/h3-6,14H,2,7-9H2,1H3,(H,15,16);1H. The van der Waals surface area contributed by atoms with Crippen LogP contribution in [-0.2, 0) is 4.79 Å². The molecular weight excluding hydrogens is 367 g/mol. The van der Waals surface area contributed by atoms with Gasteiger partial charge in [0.25, 0.3) is 5.91 Å². The fourth-order valence-electron chi connectivity index (χ4n) is 1.20. The van der Waals surface area contributed by atoms with Crippen LogP contribution >= 0.6 is 35.0 Å². The second kappa shape index (κ2) is 10.4. The summed E-state index contributed by atoms with van der Waals surface area (Å²) in [5, 5.41) is 5.90. The van der Waals surface area contributed by atoms with Gasteiger partial charge in [-0.1, -0.05) is 6.92 Å². The van der Waals surface area contributed by atoms with Crippen LogP contribution in [0.5, 0.6) is 5.75 Å². The van der Waals surface area contributed by atoms with Crippen LogP contribution in [0.15, 0.2) is 24.3 Å². The Bertz CT molecular complexity index is 346. The first-order valence-corrected chi connectivity index (χ1v) is 6.66. The van der Waals surface area contributed by atoms with Crippen LogP contribution in [0.25, 0.3) is 0 Å². The van der Waals surface area contributed by atoms with E-state index >= 15 is 0 Å². The molecule has 0 aliphatic heterocycles. The quantitative estimate of drug-likeness (QED) is 0.557. The molecule has 1 aromatic rings. The highest BCUT2D eigenvalue weighted by molar-refractivity contribution is 14.1. The maximum Gasteiger partial charge on any atom is 0.257 e. The predicted molar refractivity (Wildman–Crippen MR) is 83.5 cm³/mol. The molecule has 0 atom stereocenters. The Hall–Kier alpha value is -0.530. The third kappa shape index (κ3) is 7.73. The van der Waals surface area contributed by atoms with E-state index in [0.717, 1.165) is 16.7 Å². The smallest absolute Gasteiger partial charge is 0.257 e. The highest BCUT2D eigenvalue weighted by Crippen LogP contribution is 2.12. The first-order valence-electron chi connectivity index (χ1n) is 5.58. The van der Waals surface area contributed by atoms with Crippen LogP contribution in [0.1, 0.15) is 6.92 Å². The number of carbonyl (C=O) groups is 1. The number of amides is 1. The van der Waals surface area contributed by atoms with Crippen LogP contribution in [-0.4, -0.2) is 32.1 Å². The molecule has 2 N–H and O–H groups in total. The van der Waals surface area contributed by atoms with Crippen molar-refractivity contribution in [2.45, 2.75) is 6.92 Å². The van der Waals surface area contributed by atoms with Gasteiger partial charge in [-0.2, -0.15) is 0 Å². The van der Waals surface area contributed by atoms with E-state index in [2.05, 4.69) is 33.2 Å². The maximum atomic E-state index is 11.4. The first kappa shape index (κ1) is 17.5. The average molecular weight is 385 g/mol. The summed E-state index contributed by atoms with van der Waals surface area (Å²) in [5.74, 6) is 0.619. The van der Waals surface area contributed by atoms with Crippen molar-refractivity contribution in [1.82, 2.24) is 10.6 Å². The van der Waals surface area contributed by atoms with Crippen molar-refractivity contribution in [3.05, 3.63) is 27.8 Å². The Morgan fingerprint density at radius 1 is 1.28 bits per heavy atom. The van der Waals surface area contributed by atoms with E-state index in [1.807, 2.05) is 31.2 Å². The molecule has 0 unspecified atom stereocenters. The second-order valence-electron chi connectivity index (χ2n) is 3.45. The van der Waals surface area contributed by atoms with Gasteiger partial charge in [0.2, 0.25) is 0 Å². The molecule has 0 fully saturated rings. The van der Waals surface area contributed by atoms with E-state index in [9.17, 15) is 4.79 Å². The molecule has 102 valence electrons. The third-order valence-corrected chi connectivity index (χ3v) is 2.78. The monoisotopic (exact) mass is 384 g/mol. The van der Waals surface area contributed by atoms with E-state index in [0.29, 0.717) is 12.3 Å². The number of ether oxygens (including phenoxy) is 1. The van der Waals surface area contributed by atoms with Crippen molar-refractivity contribution in [3.8, 4) is 5.75 Å². The van der Waals surface area contributed by atoms with E-state index in [-0.39, 0.29) is 24.9 Å². The van der Waals surface area contributed by atoms with Gasteiger partial charge >= 0.3 is 0 Å². The number of nitrogens with one attached hydrogen (secondary N) is 2. The molecule has 0 heterocycles. The molecule has 18 heavy (non-hydrogen) atoms. The van der Waals surface area contributed by atoms with Gasteiger partial charge in [0.05, 0.1) is 0 Å². The normalized spacial score (nSPS) is 9.44. The van der Waals surface area contributed by atoms with Gasteiger partial charge in [-0.25, -0.2) is 0 Å². The molecule has 0 bridgehead atoms. The summed E-state index contributed by atoms with van der Waals surface area (Å²) in [6.07, 6.45) is 0. The number of likely N-dealkylation sites (N-methyl/N-ethyl adjacent to an activating group) is 1. The molecule has 0 saturated carbocycles. The molecule has 0 aromatic heterocycles. The van der Waals surface area contributed by atoms with Crippen LogP contribution in [0, 0.1) is 3.57 Å². The lowest BCUT2D eigenvalue weighted by atomic mass is 10.3. The van der Waals surface area contributed by atoms with E-state index in [1.165, 1.54) is 0 Å². The third-order valence-electron chi connectivity index (χ3n) is 2.06. The molecule has 0 radical (unpaired) electrons. The summed E-state index contributed by atoms with van der Waals surface area (Å²) in [5.41, 5.74) is 0. The number of rotatable bonds is 7. The lowest BCUT2D eigenvalue weighted by Crippen LogP contribution is -2.34. The average Bonchev–Trinajstić information content (AvgIpc) is 2.34. The maximum absolute atomic E-state index is 11.4. The number of halogens is 2. The number of benzene rings is 1. The Balaban J connectivity index is 0.00000289. The van der Waals surface area contributed by atoms with Crippen LogP contribution in [0.3, 0.4) is 0 Å². The Labute approximate surface area is 127 Å². The van der Waals surface area contributed by atoms with Crippen molar-refractivity contribution in [2.75, 3.05) is 26.2 Å². The van der Waals surface area contributed by atoms with Gasteiger partial charge in [-0.15, -0.1) is 12.4 Å². The van der Waals surface area contributed by atoms with Crippen molar-refractivity contribution < 1.29 is 9.53 Å². The first-order chi connectivity index (χ1) is 8.22. The zero-order chi connectivity index (χ0) is 12.5. The van der Waals surface area contributed by atoms with Gasteiger partial charge < -0.3 is 15.4 Å². The molecule has 4 nitrogen and oxygen atoms in total. The van der Waals surface area contributed by atoms with Crippen molar-refractivity contribution in [1.29, 1.82) is 0 Å². The van der Waals surface area contributed by atoms with Gasteiger partial charge in [0.1, 0.15) is 5.75 Å². The molecule has 0 saturated heterocycles. The van der Waals surface area contributed by atoms with Crippen molar-refractivity contribution in [3.63, 3.8) is 0 Å². The highest BCUT2D eigenvalue weighted by atomic mass is 127. The summed E-state index contributed by atoms with van der Waals surface area (Å²) in [4.78, 5) is 11.4. The molecule has 1 rings (SSSR count). The number of hydrogen-bond donors (Lipinski definition) is 2. The molecule has 0 aliphatic rings. The minimum atomic E-state index is -0.0959. The summed E-state index contributed by atoms with van der Waals surface area (Å²) in [7, 11) is 0. The summed E-state index contributed by atoms with van der Waals surface area (Å²) < 4.78 is 6.49. The van der Waals surface area contributed by atoms with Crippen molar-refractivity contribution >= 4 is 40.9 Å². The number of carbonyl (C=O) groups excluding carboxylic acids is 1. The highest BCUT2D eigenvalue weighted by Gasteiger charge is 2.01. The van der Waals surface area contributed by atoms with Gasteiger partial charge in [-0.3, -0.25) is 4.79 Å². The Morgan fingerprint density at radius 3 is 2.56 bits per heavy atom. The SMILES string of the molecule is CCNCCNC(=O)COc1ccc(I)cc1.Cl. The molecule has 1 aromatic carbocycles. The van der Waals surface area contributed by atoms with Gasteiger partial charge in [0.15, 0.2) is 6.61 Å². The lowest BCUT2D eigenvalue weighted by Gasteiger charge is -2.07. The van der Waals surface area contributed by atoms with Crippen LogP contribution < -0.4 is 15.4 Å². The van der Waals surface area contributed by atoms with E-state index < -0.39 is 0 Å². The van der Waals surface area contributed by atoms with Gasteiger partial charge in [0, 0.05) is 16.7 Å². The molecule has 0 spiro atoms. The fraction of sp³-hybridized carbons (Fsp3) is 0.417. The van der Waals surface area contributed by atoms with E-state index in [1.54, 1.807) is 0 Å². The summed E-state index contributed by atoms with van der Waals surface area (Å²) in [6, 6.07) is 7.60. The number of hydrogen-bond acceptors (Lipinski definition) is 3. The van der Waals surface area contributed by atoms with Crippen LogP contribution in [0.2, 0.25) is 0 Å². The molecular formula is C12H18ClIN2O2. The Morgan fingerprint density at radius 2 is 1.94 bits per heavy atom. The zero-order valence-corrected chi connectivity index (χ0v) is 13.2. The van der Waals surface area contributed by atoms with Crippen molar-refractivity contribution in [2.24, 2.45) is 0 Å². The minimum Gasteiger partial charge on any atom is -0.484 e. The zero-order valence-electron chi connectivity index (χ0n) is 10.2. The predicted octanol–water partition coefficient (Wildman–Crippen LogP) is 1.82.